The van der Waals surface area contributed by atoms with Crippen molar-refractivity contribution >= 4 is 70.5 Å². The number of hydrogen-bond acceptors (Lipinski definition) is 25. The molecule has 12 rings (SSSR count). The zero-order valence-electron chi connectivity index (χ0n) is 55.0. The molecule has 0 spiro atoms. The van der Waals surface area contributed by atoms with E-state index in [1.165, 1.54) is 33.0 Å². The van der Waals surface area contributed by atoms with Gasteiger partial charge >= 0.3 is 5.97 Å². The van der Waals surface area contributed by atoms with Crippen molar-refractivity contribution in [1.82, 2.24) is 37.2 Å². The fourth-order valence-electron chi connectivity index (χ4n) is 12.6. The largest absolute Gasteiger partial charge is 0.508 e. The van der Waals surface area contributed by atoms with Crippen molar-refractivity contribution in [2.45, 2.75) is 163 Å². The van der Waals surface area contributed by atoms with E-state index in [-0.39, 0.29) is 52.0 Å². The average Bonchev–Trinajstić information content (AvgIpc) is 0.768. The van der Waals surface area contributed by atoms with Crippen LogP contribution in [-0.4, -0.2) is 191 Å². The maximum Gasteiger partial charge on any atom is 0.330 e. The molecule has 2 fully saturated rings. The standard InChI is InChI=1S/C67H77Cl2N9O24/c1-24(2)14-36(72-5)60(90)77-50-52(84)27-7-11-39(33(68)16-27)98-41-18-29-19-42(56(41)102-66-57(55(87)54(86)43(23-79)100-66)101-45-22-67(4,71)58(88)25(3)97-45)99-40-12-8-28(17-34(40)69)53(85)51-64(94)76-49(65(95)96)32-20-30(80)21-38(82)46(32)31-15-26(6-10-37(31)81)47(61(91)78-51)75-62(92)48(29)74-59(89)35(73-63(50)93)9-13-44(70)83/h6-8,10-12,15-21,24-25,35-36,43,45,47-55,57-58,66,72,79-82,84-88H,9,13-14,22-23,71H2,1-5H3,(H2,70,83)(H,73,93)(H,74,89)(H,75,92)(H,76,94)(H,77,90)(H,78,91)(H,95,96)/t25-,35-,36+,43+,45-,47+,48+,49-,50+,51-,52+,53+,54+,55-,57+,58+,66-,67-/m0/s1. The van der Waals surface area contributed by atoms with Crippen LogP contribution in [0.4, 0.5) is 0 Å². The van der Waals surface area contributed by atoms with Gasteiger partial charge in [-0.05, 0) is 117 Å². The van der Waals surface area contributed by atoms with Gasteiger partial charge in [0.1, 0.15) is 89.5 Å². The van der Waals surface area contributed by atoms with Gasteiger partial charge in [-0.3, -0.25) is 33.6 Å². The number of phenolic OH excluding ortho intramolecular Hbond substituents is 3. The minimum absolute atomic E-state index is 0.0899. The summed E-state index contributed by atoms with van der Waals surface area (Å²) in [5.41, 5.74) is 8.00. The zero-order valence-corrected chi connectivity index (χ0v) is 56.5. The Morgan fingerprint density at radius 2 is 1.32 bits per heavy atom. The molecule has 7 amide bonds. The summed E-state index contributed by atoms with van der Waals surface area (Å²) in [4.78, 5) is 117. The quantitative estimate of drug-likeness (QED) is 0.0719. The van der Waals surface area contributed by atoms with Crippen LogP contribution >= 0.6 is 23.2 Å². The number of aliphatic carboxylic acids is 1. The van der Waals surface area contributed by atoms with Crippen LogP contribution < -0.4 is 62.9 Å². The molecule has 33 nitrogen and oxygen atoms in total. The lowest BCUT2D eigenvalue weighted by Crippen LogP contribution is -2.64. The summed E-state index contributed by atoms with van der Waals surface area (Å²) in [6.45, 7) is 5.69. The highest BCUT2D eigenvalue weighted by Crippen LogP contribution is 2.50. The number of phenols is 3. The lowest BCUT2D eigenvalue weighted by atomic mass is 9.86. The van der Waals surface area contributed by atoms with Gasteiger partial charge in [-0.2, -0.15) is 0 Å². The molecule has 7 aliphatic rings. The number of likely N-dealkylation sites (N-methyl/N-ethyl adjacent to an activating group) is 1. The average molecular weight is 1460 g/mol. The number of rotatable bonds is 14. The maximum atomic E-state index is 16.1. The number of carbonyl (C=O) groups excluding carboxylic acids is 7. The molecular formula is C67H77Cl2N9O24. The fraction of sp³-hybridized carbons (Fsp3) is 0.433. The summed E-state index contributed by atoms with van der Waals surface area (Å²) in [5, 5.41) is 131. The summed E-state index contributed by atoms with van der Waals surface area (Å²) < 4.78 is 38.4. The van der Waals surface area contributed by atoms with E-state index < -0.39 is 238 Å². The van der Waals surface area contributed by atoms with Crippen molar-refractivity contribution in [3.05, 3.63) is 117 Å². The summed E-state index contributed by atoms with van der Waals surface area (Å²) in [6.07, 6.45) is -18.7. The smallest absolute Gasteiger partial charge is 0.330 e. The summed E-state index contributed by atoms with van der Waals surface area (Å²) in [5.74, 6) is -15.4. The lowest BCUT2D eigenvalue weighted by Gasteiger charge is -2.47. The molecule has 7 aliphatic heterocycles. The van der Waals surface area contributed by atoms with Crippen LogP contribution in [0.5, 0.6) is 46.0 Å². The van der Waals surface area contributed by atoms with Crippen LogP contribution in [0, 0.1) is 5.92 Å². The van der Waals surface area contributed by atoms with Crippen LogP contribution in [0.3, 0.4) is 0 Å². The molecule has 548 valence electrons. The first-order valence-corrected chi connectivity index (χ1v) is 32.9. The predicted molar refractivity (Wildman–Crippen MR) is 354 cm³/mol. The second kappa shape index (κ2) is 30.8. The van der Waals surface area contributed by atoms with Crippen molar-refractivity contribution in [2.75, 3.05) is 13.7 Å². The van der Waals surface area contributed by atoms with Gasteiger partial charge in [0.05, 0.1) is 34.9 Å². The highest BCUT2D eigenvalue weighted by Gasteiger charge is 2.51. The molecule has 0 aromatic heterocycles. The van der Waals surface area contributed by atoms with Crippen molar-refractivity contribution < 1.29 is 118 Å². The number of carbonyl (C=O) groups is 8. The number of aliphatic hydroxyl groups is 6. The number of nitrogens with two attached hydrogens (primary N) is 2. The van der Waals surface area contributed by atoms with Gasteiger partial charge in [0.15, 0.2) is 29.9 Å². The third-order valence-electron chi connectivity index (χ3n) is 18.0. The van der Waals surface area contributed by atoms with E-state index in [1.54, 1.807) is 0 Å². The number of benzene rings is 5. The number of carboxylic acid groups (broad SMARTS) is 1. The van der Waals surface area contributed by atoms with Gasteiger partial charge in [-0.15, -0.1) is 0 Å². The third kappa shape index (κ3) is 16.0. The lowest BCUT2D eigenvalue weighted by molar-refractivity contribution is -0.333. The Kier molecular flexibility index (Phi) is 22.8. The third-order valence-corrected chi connectivity index (χ3v) is 18.6. The highest BCUT2D eigenvalue weighted by molar-refractivity contribution is 6.32. The number of fused-ring (bicyclic) bond motifs is 15. The van der Waals surface area contributed by atoms with Crippen molar-refractivity contribution in [1.29, 1.82) is 0 Å². The summed E-state index contributed by atoms with van der Waals surface area (Å²) >= 11 is 14.1. The topological polar surface area (TPSA) is 530 Å². The molecular weight excluding hydrogens is 1390 g/mol. The molecule has 11 bridgehead atoms. The van der Waals surface area contributed by atoms with E-state index in [9.17, 15) is 75.0 Å². The normalized spacial score (nSPS) is 29.3. The Bertz CT molecular complexity index is 4090. The molecule has 21 N–H and O–H groups in total. The molecule has 102 heavy (non-hydrogen) atoms. The molecule has 18 atom stereocenters. The fourth-order valence-corrected chi connectivity index (χ4v) is 13.1. The number of halogens is 2. The maximum absolute atomic E-state index is 16.1. The van der Waals surface area contributed by atoms with Gasteiger partial charge in [0.2, 0.25) is 53.4 Å². The van der Waals surface area contributed by atoms with E-state index >= 15 is 14.4 Å². The van der Waals surface area contributed by atoms with Crippen LogP contribution in [0.25, 0.3) is 11.1 Å². The van der Waals surface area contributed by atoms with Crippen LogP contribution in [0.15, 0.2) is 78.9 Å². The van der Waals surface area contributed by atoms with Gasteiger partial charge in [-0.1, -0.05) is 55.2 Å². The number of aromatic hydroxyl groups is 3. The minimum Gasteiger partial charge on any atom is -0.508 e. The number of amides is 7. The van der Waals surface area contributed by atoms with Gasteiger partial charge in [0.25, 0.3) is 0 Å². The number of primary amides is 1. The van der Waals surface area contributed by atoms with Crippen molar-refractivity contribution in [2.24, 2.45) is 17.4 Å². The summed E-state index contributed by atoms with van der Waals surface area (Å²) in [7, 11) is 1.48. The van der Waals surface area contributed by atoms with Crippen molar-refractivity contribution in [3.8, 4) is 57.1 Å². The van der Waals surface area contributed by atoms with E-state index in [0.717, 1.165) is 66.7 Å². The summed E-state index contributed by atoms with van der Waals surface area (Å²) in [6, 6.07) is -0.223. The molecule has 5 aromatic carbocycles. The van der Waals surface area contributed by atoms with Gasteiger partial charge in [-0.25, -0.2) is 4.79 Å². The molecule has 0 aliphatic carbocycles. The Morgan fingerprint density at radius 3 is 1.91 bits per heavy atom. The Labute approximate surface area is 590 Å². The van der Waals surface area contributed by atoms with E-state index in [2.05, 4.69) is 37.2 Å². The van der Waals surface area contributed by atoms with E-state index in [1.807, 2.05) is 13.8 Å². The van der Waals surface area contributed by atoms with Gasteiger partial charge in [0, 0.05) is 41.1 Å². The molecule has 2 saturated heterocycles. The van der Waals surface area contributed by atoms with Crippen LogP contribution in [0.2, 0.25) is 10.0 Å². The first kappa shape index (κ1) is 75.5. The van der Waals surface area contributed by atoms with Crippen LogP contribution in [0.1, 0.15) is 112 Å². The van der Waals surface area contributed by atoms with Crippen LogP contribution in [-0.2, 0) is 52.6 Å². The number of ether oxygens (including phenoxy) is 6. The second-order valence-corrected chi connectivity index (χ2v) is 26.9. The number of carboxylic acids is 1. The Balaban J connectivity index is 1.24. The number of aliphatic hydroxyl groups excluding tert-OH is 6. The molecule has 0 radical (unpaired) electrons. The number of nitrogens with one attached hydrogen (secondary N) is 7. The molecule has 7 heterocycles. The SMILES string of the molecule is CN[C@H](CC(C)C)C(=O)N[C@H]1C(=O)N[C@@H](CCC(N)=O)C(=O)N[C@H]2C(=O)N[C@H]3C(=O)N[C@H](C(=O)N[C@H](C(=O)O)c4cc(O)cc(O)c4-c4cc3ccc4O)[C@H](O)c3ccc(c(Cl)c3)Oc3cc2cc(c3O[C@@H]2O[C@H](CO)[C@@H](O)[C@H](O)[C@H]2O[C@H]2C[C@](C)(N)[C@H](O)[C@H](C)O2)Oc2ccc(cc2Cl)[C@H]1O. The second-order valence-electron chi connectivity index (χ2n) is 26.0. The number of hydrogen-bond donors (Lipinski definition) is 19. The first-order valence-electron chi connectivity index (χ1n) is 32.1. The Morgan fingerprint density at radius 1 is 0.716 bits per heavy atom. The zero-order chi connectivity index (χ0) is 74.2. The first-order chi connectivity index (χ1) is 48.2. The van der Waals surface area contributed by atoms with Gasteiger partial charge < -0.3 is 128 Å². The van der Waals surface area contributed by atoms with Crippen molar-refractivity contribution in [3.63, 3.8) is 0 Å². The minimum atomic E-state index is -2.31. The molecule has 0 unspecified atom stereocenters. The van der Waals surface area contributed by atoms with E-state index in [0.29, 0.717) is 0 Å². The monoisotopic (exact) mass is 1460 g/mol. The molecule has 5 aromatic rings. The Hall–Kier alpha value is -9.20. The molecule has 0 saturated carbocycles. The highest BCUT2D eigenvalue weighted by atomic mass is 35.5. The van der Waals surface area contributed by atoms with E-state index in [4.69, 9.17) is 63.1 Å². The molecule has 35 heteroatoms. The predicted octanol–water partition coefficient (Wildman–Crippen LogP) is 0.496.